The van der Waals surface area contributed by atoms with Crippen LogP contribution in [0, 0.1) is 5.92 Å². The molecule has 1 N–H and O–H groups in total. The highest BCUT2D eigenvalue weighted by molar-refractivity contribution is 4.99. The van der Waals surface area contributed by atoms with Crippen molar-refractivity contribution in [2.75, 3.05) is 20.3 Å². The summed E-state index contributed by atoms with van der Waals surface area (Å²) in [6.07, 6.45) is 5.69. The number of hydrogen-bond donors (Lipinski definition) is 1. The van der Waals surface area contributed by atoms with Crippen molar-refractivity contribution in [3.8, 4) is 0 Å². The second kappa shape index (κ2) is 5.46. The van der Waals surface area contributed by atoms with Gasteiger partial charge >= 0.3 is 0 Å². The van der Waals surface area contributed by atoms with E-state index in [4.69, 9.17) is 4.74 Å². The zero-order chi connectivity index (χ0) is 11.4. The lowest BCUT2D eigenvalue weighted by Crippen LogP contribution is -2.36. The van der Waals surface area contributed by atoms with Crippen molar-refractivity contribution in [3.63, 3.8) is 0 Å². The number of nitrogens with one attached hydrogen (secondary N) is 1. The summed E-state index contributed by atoms with van der Waals surface area (Å²) in [5, 5.41) is 7.93. The Kier molecular flexibility index (Phi) is 3.96. The van der Waals surface area contributed by atoms with Gasteiger partial charge in [0, 0.05) is 39.4 Å². The molecular formula is C12H21N3O. The maximum Gasteiger partial charge on any atom is 0.0637 e. The average Bonchev–Trinajstić information content (AvgIpc) is 3.02. The molecule has 1 saturated carbocycles. The number of methoxy groups -OCH3 is 1. The van der Waals surface area contributed by atoms with E-state index in [1.807, 2.05) is 17.9 Å². The fourth-order valence-corrected chi connectivity index (χ4v) is 2.02. The van der Waals surface area contributed by atoms with Gasteiger partial charge < -0.3 is 10.1 Å². The molecule has 4 nitrogen and oxygen atoms in total. The molecular weight excluding hydrogens is 202 g/mol. The molecule has 1 aromatic rings. The van der Waals surface area contributed by atoms with E-state index in [9.17, 15) is 0 Å². The molecule has 1 aliphatic carbocycles. The van der Waals surface area contributed by atoms with Crippen LogP contribution in [0.1, 0.15) is 18.5 Å². The lowest BCUT2D eigenvalue weighted by molar-refractivity contribution is 0.158. The fourth-order valence-electron chi connectivity index (χ4n) is 2.02. The summed E-state index contributed by atoms with van der Waals surface area (Å²) in [5.74, 6) is 0.837. The first-order valence-electron chi connectivity index (χ1n) is 6.00. The van der Waals surface area contributed by atoms with Gasteiger partial charge in [-0.05, 0) is 24.8 Å². The van der Waals surface area contributed by atoms with Crippen molar-refractivity contribution in [2.24, 2.45) is 13.0 Å². The number of aromatic nitrogens is 2. The second-order valence-electron chi connectivity index (χ2n) is 4.58. The monoisotopic (exact) mass is 223 g/mol. The predicted molar refractivity (Wildman–Crippen MR) is 63.3 cm³/mol. The number of nitrogens with zero attached hydrogens (tertiary/aromatic N) is 2. The largest absolute Gasteiger partial charge is 0.383 e. The minimum atomic E-state index is 0.536. The van der Waals surface area contributed by atoms with Crippen molar-refractivity contribution in [3.05, 3.63) is 18.0 Å². The summed E-state index contributed by atoms with van der Waals surface area (Å²) in [7, 11) is 3.73. The van der Waals surface area contributed by atoms with E-state index in [1.165, 1.54) is 12.8 Å². The van der Waals surface area contributed by atoms with Gasteiger partial charge in [0.1, 0.15) is 0 Å². The molecule has 90 valence electrons. The Balaban J connectivity index is 1.69. The number of ether oxygens (including phenoxy) is 1. The number of aryl methyl sites for hydroxylation is 1. The Labute approximate surface area is 97.0 Å². The first-order chi connectivity index (χ1) is 7.79. The Morgan fingerprint density at radius 1 is 1.62 bits per heavy atom. The maximum absolute atomic E-state index is 5.23. The predicted octanol–water partition coefficient (Wildman–Crippen LogP) is 0.977. The smallest absolute Gasteiger partial charge is 0.0637 e. The number of rotatable bonds is 7. The Hall–Kier alpha value is -0.870. The van der Waals surface area contributed by atoms with Gasteiger partial charge in [-0.25, -0.2) is 0 Å². The molecule has 0 aliphatic heterocycles. The van der Waals surface area contributed by atoms with Crippen LogP contribution in [0.15, 0.2) is 12.3 Å². The Bertz CT molecular complexity index is 320. The van der Waals surface area contributed by atoms with Gasteiger partial charge in [-0.15, -0.1) is 0 Å². The molecule has 0 saturated heterocycles. The summed E-state index contributed by atoms with van der Waals surface area (Å²) in [4.78, 5) is 0. The third-order valence-corrected chi connectivity index (χ3v) is 3.09. The van der Waals surface area contributed by atoms with E-state index in [0.717, 1.165) is 31.2 Å². The van der Waals surface area contributed by atoms with Gasteiger partial charge in [-0.3, -0.25) is 4.68 Å². The highest BCUT2D eigenvalue weighted by Crippen LogP contribution is 2.32. The normalized spacial score (nSPS) is 17.6. The van der Waals surface area contributed by atoms with Gasteiger partial charge in [-0.1, -0.05) is 0 Å². The molecule has 1 aliphatic rings. The molecule has 1 fully saturated rings. The van der Waals surface area contributed by atoms with Crippen molar-refractivity contribution in [1.82, 2.24) is 15.1 Å². The van der Waals surface area contributed by atoms with E-state index >= 15 is 0 Å². The van der Waals surface area contributed by atoms with Crippen LogP contribution >= 0.6 is 0 Å². The molecule has 0 bridgehead atoms. The van der Waals surface area contributed by atoms with E-state index in [2.05, 4.69) is 16.5 Å². The molecule has 1 atom stereocenters. The van der Waals surface area contributed by atoms with Crippen LogP contribution < -0.4 is 5.32 Å². The van der Waals surface area contributed by atoms with Crippen LogP contribution in [0.25, 0.3) is 0 Å². The molecule has 0 spiro atoms. The first-order valence-corrected chi connectivity index (χ1v) is 6.00. The van der Waals surface area contributed by atoms with Gasteiger partial charge in [-0.2, -0.15) is 5.10 Å². The van der Waals surface area contributed by atoms with Gasteiger partial charge in [0.25, 0.3) is 0 Å². The Morgan fingerprint density at radius 2 is 2.44 bits per heavy atom. The van der Waals surface area contributed by atoms with Crippen molar-refractivity contribution in [1.29, 1.82) is 0 Å². The summed E-state index contributed by atoms with van der Waals surface area (Å²) in [6.45, 7) is 1.81. The van der Waals surface area contributed by atoms with Crippen LogP contribution in [0.5, 0.6) is 0 Å². The van der Waals surface area contributed by atoms with Gasteiger partial charge in [0.05, 0.1) is 12.3 Å². The standard InChI is InChI=1S/C12H21N3O/c1-15-8-6-11(14-15)5-7-13-12(9-16-2)10-3-4-10/h6,8,10,12-13H,3-5,7,9H2,1-2H3. The molecule has 0 radical (unpaired) electrons. The lowest BCUT2D eigenvalue weighted by atomic mass is 10.2. The minimum Gasteiger partial charge on any atom is -0.383 e. The highest BCUT2D eigenvalue weighted by atomic mass is 16.5. The van der Waals surface area contributed by atoms with E-state index in [0.29, 0.717) is 6.04 Å². The molecule has 0 amide bonds. The van der Waals surface area contributed by atoms with Crippen molar-refractivity contribution >= 4 is 0 Å². The third-order valence-electron chi connectivity index (χ3n) is 3.09. The Morgan fingerprint density at radius 3 is 3.00 bits per heavy atom. The van der Waals surface area contributed by atoms with E-state index in [-0.39, 0.29) is 0 Å². The van der Waals surface area contributed by atoms with Crippen LogP contribution in [0.4, 0.5) is 0 Å². The van der Waals surface area contributed by atoms with Crippen molar-refractivity contribution in [2.45, 2.75) is 25.3 Å². The first kappa shape index (κ1) is 11.6. The molecule has 0 aromatic carbocycles. The molecule has 1 aromatic heterocycles. The van der Waals surface area contributed by atoms with Crippen LogP contribution in [-0.2, 0) is 18.2 Å². The molecule has 2 rings (SSSR count). The second-order valence-corrected chi connectivity index (χ2v) is 4.58. The highest BCUT2D eigenvalue weighted by Gasteiger charge is 2.30. The SMILES string of the molecule is COCC(NCCc1ccn(C)n1)C1CC1. The summed E-state index contributed by atoms with van der Waals surface area (Å²) in [5.41, 5.74) is 1.15. The van der Waals surface area contributed by atoms with Gasteiger partial charge in [0.2, 0.25) is 0 Å². The minimum absolute atomic E-state index is 0.536. The zero-order valence-electron chi connectivity index (χ0n) is 10.1. The molecule has 4 heteroatoms. The van der Waals surface area contributed by atoms with Crippen LogP contribution in [-0.4, -0.2) is 36.1 Å². The summed E-state index contributed by atoms with van der Waals surface area (Å²) < 4.78 is 7.08. The average molecular weight is 223 g/mol. The van der Waals surface area contributed by atoms with Crippen molar-refractivity contribution < 1.29 is 4.74 Å². The molecule has 1 heterocycles. The van der Waals surface area contributed by atoms with E-state index < -0.39 is 0 Å². The summed E-state index contributed by atoms with van der Waals surface area (Å²) >= 11 is 0. The number of hydrogen-bond acceptors (Lipinski definition) is 3. The fraction of sp³-hybridized carbons (Fsp3) is 0.750. The topological polar surface area (TPSA) is 39.1 Å². The van der Waals surface area contributed by atoms with Gasteiger partial charge in [0.15, 0.2) is 0 Å². The quantitative estimate of drug-likeness (QED) is 0.749. The third kappa shape index (κ3) is 3.32. The van der Waals surface area contributed by atoms with Crippen LogP contribution in [0.3, 0.4) is 0 Å². The van der Waals surface area contributed by atoms with Crippen LogP contribution in [0.2, 0.25) is 0 Å². The molecule has 16 heavy (non-hydrogen) atoms. The lowest BCUT2D eigenvalue weighted by Gasteiger charge is -2.16. The molecule has 1 unspecified atom stereocenters. The van der Waals surface area contributed by atoms with E-state index in [1.54, 1.807) is 7.11 Å². The zero-order valence-corrected chi connectivity index (χ0v) is 10.1. The maximum atomic E-state index is 5.23. The summed E-state index contributed by atoms with van der Waals surface area (Å²) in [6, 6.07) is 2.61.